The van der Waals surface area contributed by atoms with E-state index in [1.807, 2.05) is 13.8 Å². The lowest BCUT2D eigenvalue weighted by molar-refractivity contribution is -0.145. The third-order valence-corrected chi connectivity index (χ3v) is 1.88. The van der Waals surface area contributed by atoms with Gasteiger partial charge in [-0.25, -0.2) is 0 Å². The molecule has 1 unspecified atom stereocenters. The quantitative estimate of drug-likeness (QED) is 0.620. The fourth-order valence-electron chi connectivity index (χ4n) is 1.29. The van der Waals surface area contributed by atoms with E-state index in [-0.39, 0.29) is 18.9 Å². The molecular formula is C11H18N2O3. The van der Waals surface area contributed by atoms with E-state index >= 15 is 0 Å². The number of terminal acetylenes is 1. The van der Waals surface area contributed by atoms with Gasteiger partial charge in [0, 0.05) is 13.0 Å². The van der Waals surface area contributed by atoms with Gasteiger partial charge in [-0.15, -0.1) is 12.3 Å². The minimum absolute atomic E-state index is 0.118. The lowest BCUT2D eigenvalue weighted by Crippen LogP contribution is -2.47. The maximum absolute atomic E-state index is 11.7. The van der Waals surface area contributed by atoms with Gasteiger partial charge in [-0.05, 0) is 5.92 Å². The second-order valence-electron chi connectivity index (χ2n) is 4.02. The Balaban J connectivity index is 4.55. The molecule has 3 N–H and O–H groups in total. The van der Waals surface area contributed by atoms with E-state index in [0.29, 0.717) is 6.54 Å². The zero-order valence-electron chi connectivity index (χ0n) is 9.64. The van der Waals surface area contributed by atoms with E-state index in [4.69, 9.17) is 17.3 Å². The van der Waals surface area contributed by atoms with Crippen molar-refractivity contribution >= 4 is 11.9 Å². The van der Waals surface area contributed by atoms with Crippen LogP contribution in [0.25, 0.3) is 0 Å². The van der Waals surface area contributed by atoms with Crippen LogP contribution >= 0.6 is 0 Å². The van der Waals surface area contributed by atoms with E-state index in [9.17, 15) is 9.59 Å². The fourth-order valence-corrected chi connectivity index (χ4v) is 1.29. The van der Waals surface area contributed by atoms with E-state index in [1.54, 1.807) is 0 Å². The number of hydrogen-bond donors (Lipinski definition) is 2. The average molecular weight is 226 g/mol. The number of nitrogens with two attached hydrogens (primary N) is 1. The van der Waals surface area contributed by atoms with Crippen molar-refractivity contribution in [1.29, 1.82) is 0 Å². The Bertz CT molecular complexity index is 294. The molecule has 0 rings (SSSR count). The molecule has 5 nitrogen and oxygen atoms in total. The van der Waals surface area contributed by atoms with Gasteiger partial charge in [0.2, 0.25) is 5.91 Å². The zero-order valence-corrected chi connectivity index (χ0v) is 9.64. The fraction of sp³-hybridized carbons (Fsp3) is 0.636. The van der Waals surface area contributed by atoms with Gasteiger partial charge in [-0.1, -0.05) is 13.8 Å². The minimum atomic E-state index is -1.05. The van der Waals surface area contributed by atoms with Gasteiger partial charge in [0.15, 0.2) is 0 Å². The molecule has 0 aromatic carbocycles. The number of carbonyl (C=O) groups is 2. The van der Waals surface area contributed by atoms with Gasteiger partial charge in [0.05, 0.1) is 6.04 Å². The third-order valence-electron chi connectivity index (χ3n) is 1.88. The molecule has 90 valence electrons. The predicted octanol–water partition coefficient (Wildman–Crippen LogP) is -0.0938. The highest BCUT2D eigenvalue weighted by Gasteiger charge is 2.22. The van der Waals surface area contributed by atoms with E-state index < -0.39 is 17.9 Å². The van der Waals surface area contributed by atoms with Crippen molar-refractivity contribution in [3.8, 4) is 12.3 Å². The topological polar surface area (TPSA) is 83.6 Å². The van der Waals surface area contributed by atoms with Gasteiger partial charge in [0.1, 0.15) is 6.54 Å². The highest BCUT2D eigenvalue weighted by atomic mass is 16.4. The highest BCUT2D eigenvalue weighted by molar-refractivity contribution is 5.85. The molecule has 0 heterocycles. The molecule has 1 amide bonds. The molecule has 0 aromatic heterocycles. The van der Waals surface area contributed by atoms with Crippen LogP contribution < -0.4 is 5.73 Å². The number of amides is 1. The van der Waals surface area contributed by atoms with Crippen LogP contribution in [0.1, 0.15) is 20.3 Å². The molecule has 16 heavy (non-hydrogen) atoms. The maximum atomic E-state index is 11.7. The highest BCUT2D eigenvalue weighted by Crippen LogP contribution is 2.02. The van der Waals surface area contributed by atoms with Crippen LogP contribution in [0.5, 0.6) is 0 Å². The first-order valence-corrected chi connectivity index (χ1v) is 5.08. The van der Waals surface area contributed by atoms with Crippen LogP contribution in [-0.4, -0.2) is 41.0 Å². The van der Waals surface area contributed by atoms with Crippen LogP contribution in [0.3, 0.4) is 0 Å². The van der Waals surface area contributed by atoms with Gasteiger partial charge in [-0.2, -0.15) is 0 Å². The summed E-state index contributed by atoms with van der Waals surface area (Å²) in [6.07, 6.45) is 5.17. The van der Waals surface area contributed by atoms with Crippen LogP contribution in [0.2, 0.25) is 0 Å². The molecule has 5 heteroatoms. The molecule has 0 aliphatic heterocycles. The van der Waals surface area contributed by atoms with Crippen molar-refractivity contribution in [2.75, 3.05) is 13.1 Å². The van der Waals surface area contributed by atoms with E-state index in [0.717, 1.165) is 0 Å². The van der Waals surface area contributed by atoms with Crippen LogP contribution in [0.15, 0.2) is 0 Å². The number of carboxylic acids is 1. The Hall–Kier alpha value is -1.54. The number of hydrogen-bond acceptors (Lipinski definition) is 3. The summed E-state index contributed by atoms with van der Waals surface area (Å²) in [5.74, 6) is 1.01. The lowest BCUT2D eigenvalue weighted by Gasteiger charge is -2.25. The Morgan fingerprint density at radius 2 is 2.06 bits per heavy atom. The molecule has 1 atom stereocenters. The summed E-state index contributed by atoms with van der Waals surface area (Å²) in [6.45, 7) is 3.82. The lowest BCUT2D eigenvalue weighted by atomic mass is 10.1. The molecular weight excluding hydrogens is 208 g/mol. The number of carboxylic acid groups (broad SMARTS) is 1. The van der Waals surface area contributed by atoms with Crippen LogP contribution in [0, 0.1) is 18.3 Å². The van der Waals surface area contributed by atoms with E-state index in [1.165, 1.54) is 4.90 Å². The summed E-state index contributed by atoms with van der Waals surface area (Å²) in [4.78, 5) is 23.6. The second-order valence-corrected chi connectivity index (χ2v) is 4.02. The molecule has 0 radical (unpaired) electrons. The molecule has 0 saturated carbocycles. The van der Waals surface area contributed by atoms with Gasteiger partial charge < -0.3 is 15.7 Å². The summed E-state index contributed by atoms with van der Waals surface area (Å²) >= 11 is 0. The van der Waals surface area contributed by atoms with Crippen LogP contribution in [-0.2, 0) is 9.59 Å². The molecule has 0 fully saturated rings. The van der Waals surface area contributed by atoms with Gasteiger partial charge in [0.25, 0.3) is 0 Å². The van der Waals surface area contributed by atoms with Crippen molar-refractivity contribution in [3.05, 3.63) is 0 Å². The van der Waals surface area contributed by atoms with Gasteiger partial charge >= 0.3 is 5.97 Å². The SMILES string of the molecule is C#CCC(N)C(=O)N(CC(=O)O)CC(C)C. The zero-order chi connectivity index (χ0) is 12.7. The number of rotatable bonds is 6. The number of aliphatic carboxylic acids is 1. The molecule has 0 aliphatic rings. The minimum Gasteiger partial charge on any atom is -0.480 e. The van der Waals surface area contributed by atoms with Crippen molar-refractivity contribution in [1.82, 2.24) is 4.90 Å². The molecule has 0 bridgehead atoms. The summed E-state index contributed by atoms with van der Waals surface area (Å²) in [6, 6.07) is -0.817. The summed E-state index contributed by atoms with van der Waals surface area (Å²) in [5, 5.41) is 8.68. The first-order chi connectivity index (χ1) is 7.38. The summed E-state index contributed by atoms with van der Waals surface area (Å²) < 4.78 is 0. The largest absolute Gasteiger partial charge is 0.480 e. The number of carbonyl (C=O) groups excluding carboxylic acids is 1. The Morgan fingerprint density at radius 3 is 2.44 bits per heavy atom. The molecule has 0 aromatic rings. The Kier molecular flexibility index (Phi) is 6.19. The van der Waals surface area contributed by atoms with Gasteiger partial charge in [-0.3, -0.25) is 9.59 Å². The van der Waals surface area contributed by atoms with Crippen LogP contribution in [0.4, 0.5) is 0 Å². The monoisotopic (exact) mass is 226 g/mol. The smallest absolute Gasteiger partial charge is 0.323 e. The Labute approximate surface area is 95.6 Å². The molecule has 0 saturated heterocycles. The summed E-state index contributed by atoms with van der Waals surface area (Å²) in [7, 11) is 0. The maximum Gasteiger partial charge on any atom is 0.323 e. The molecule has 0 spiro atoms. The average Bonchev–Trinajstić information content (AvgIpc) is 2.14. The van der Waals surface area contributed by atoms with Crippen molar-refractivity contribution in [3.63, 3.8) is 0 Å². The van der Waals surface area contributed by atoms with E-state index in [2.05, 4.69) is 5.92 Å². The third kappa shape index (κ3) is 5.37. The standard InChI is InChI=1S/C11H18N2O3/c1-4-5-9(12)11(16)13(6-8(2)3)7-10(14)15/h1,8-9H,5-7,12H2,2-3H3,(H,14,15). The Morgan fingerprint density at radius 1 is 1.50 bits per heavy atom. The first-order valence-electron chi connectivity index (χ1n) is 5.08. The second kappa shape index (κ2) is 6.85. The first kappa shape index (κ1) is 14.5. The normalized spacial score (nSPS) is 11.9. The van der Waals surface area contributed by atoms with Crippen molar-refractivity contribution < 1.29 is 14.7 Å². The van der Waals surface area contributed by atoms with Crippen molar-refractivity contribution in [2.45, 2.75) is 26.3 Å². The predicted molar refractivity (Wildman–Crippen MR) is 60.5 cm³/mol. The number of nitrogens with zero attached hydrogens (tertiary/aromatic N) is 1. The molecule has 0 aliphatic carbocycles. The summed E-state index contributed by atoms with van der Waals surface area (Å²) in [5.41, 5.74) is 5.55. The van der Waals surface area contributed by atoms with Crippen molar-refractivity contribution in [2.24, 2.45) is 11.7 Å².